The van der Waals surface area contributed by atoms with Crippen LogP contribution < -0.4 is 10.6 Å². The minimum atomic E-state index is 0.780. The lowest BCUT2D eigenvalue weighted by Crippen LogP contribution is -2.66. The summed E-state index contributed by atoms with van der Waals surface area (Å²) in [5.74, 6) is 7.97. The summed E-state index contributed by atoms with van der Waals surface area (Å²) in [4.78, 5) is 6.76. The molecule has 45 heavy (non-hydrogen) atoms. The average Bonchev–Trinajstić information content (AvgIpc) is 3.75. The van der Waals surface area contributed by atoms with Crippen molar-refractivity contribution in [3.05, 3.63) is 0 Å². The van der Waals surface area contributed by atoms with E-state index in [4.69, 9.17) is 0 Å². The molecule has 0 spiro atoms. The van der Waals surface area contributed by atoms with E-state index in [0.717, 1.165) is 106 Å². The third kappa shape index (κ3) is 4.43. The van der Waals surface area contributed by atoms with Crippen molar-refractivity contribution in [2.24, 2.45) is 47.3 Å². The number of piperidine rings is 2. The Balaban J connectivity index is 0.974. The number of thioether (sulfide) groups is 1. The van der Waals surface area contributed by atoms with Crippen molar-refractivity contribution in [2.45, 2.75) is 187 Å². The molecule has 0 aromatic rings. The number of nitrogens with zero attached hydrogens (tertiary/aromatic N) is 2. The monoisotopic (exact) mass is 632 g/mol. The average molecular weight is 633 g/mol. The van der Waals surface area contributed by atoms with E-state index in [0.29, 0.717) is 0 Å². The highest BCUT2D eigenvalue weighted by molar-refractivity contribution is 8.00. The van der Waals surface area contributed by atoms with E-state index in [1.807, 2.05) is 0 Å². The third-order valence-electron chi connectivity index (χ3n) is 17.7. The number of rotatable bonds is 0. The first-order chi connectivity index (χ1) is 22.3. The summed E-state index contributed by atoms with van der Waals surface area (Å²) in [7, 11) is 0. The van der Waals surface area contributed by atoms with Gasteiger partial charge in [0, 0.05) is 71.9 Å². The predicted molar refractivity (Wildman–Crippen MR) is 185 cm³/mol. The van der Waals surface area contributed by atoms with Gasteiger partial charge in [-0.1, -0.05) is 25.7 Å². The van der Waals surface area contributed by atoms with Crippen LogP contribution in [0.25, 0.3) is 0 Å². The van der Waals surface area contributed by atoms with Gasteiger partial charge in [-0.25, -0.2) is 0 Å². The first-order valence-electron chi connectivity index (χ1n) is 21.0. The Morgan fingerprint density at radius 2 is 1.09 bits per heavy atom. The molecule has 9 aliphatic heterocycles. The fraction of sp³-hybridized carbons (Fsp3) is 1.00. The molecule has 0 radical (unpaired) electrons. The van der Waals surface area contributed by atoms with Crippen LogP contribution in [0, 0.1) is 47.3 Å². The van der Waals surface area contributed by atoms with E-state index in [1.54, 1.807) is 32.1 Å². The molecule has 0 aromatic carbocycles. The summed E-state index contributed by atoms with van der Waals surface area (Å²) in [6.07, 6.45) is 30.6. The highest BCUT2D eigenvalue weighted by atomic mass is 32.2. The zero-order valence-corrected chi connectivity index (χ0v) is 29.1. The smallest absolute Gasteiger partial charge is 0.0417 e. The van der Waals surface area contributed by atoms with Crippen molar-refractivity contribution in [1.82, 2.24) is 20.4 Å². The Bertz CT molecular complexity index is 1020. The largest absolute Gasteiger partial charge is 0.313 e. The van der Waals surface area contributed by atoms with Crippen LogP contribution in [0.5, 0.6) is 0 Å². The molecule has 5 heteroatoms. The SMILES string of the molecule is C1CCC2C(C1)C1CNC3C4CCCCC4N4C5CCC(CC5)C5CC6C(CN5)SC5CCC(CC56)C5CCC(CC5)N2C1C34. The van der Waals surface area contributed by atoms with Gasteiger partial charge in [0.2, 0.25) is 0 Å². The second-order valence-electron chi connectivity index (χ2n) is 19.0. The first kappa shape index (κ1) is 29.0. The van der Waals surface area contributed by atoms with Crippen LogP contribution in [0.15, 0.2) is 0 Å². The summed E-state index contributed by atoms with van der Waals surface area (Å²) in [5, 5.41) is 10.6. The Hall–Kier alpha value is 0.190. The number of hydrogen-bond acceptors (Lipinski definition) is 5. The molecule has 14 unspecified atom stereocenters. The lowest BCUT2D eigenvalue weighted by molar-refractivity contribution is -0.0237. The van der Waals surface area contributed by atoms with Crippen LogP contribution in [0.3, 0.4) is 0 Å². The summed E-state index contributed by atoms with van der Waals surface area (Å²) in [6, 6.07) is 6.82. The molecule has 0 aromatic heterocycles. The molecule has 5 saturated carbocycles. The summed E-state index contributed by atoms with van der Waals surface area (Å²) in [6.45, 7) is 2.68. The van der Waals surface area contributed by atoms with Gasteiger partial charge in [-0.05, 0) is 150 Å². The molecule has 2 N–H and O–H groups in total. The molecule has 14 fully saturated rings. The van der Waals surface area contributed by atoms with Gasteiger partial charge < -0.3 is 10.6 Å². The molecule has 14 atom stereocenters. The zero-order chi connectivity index (χ0) is 29.2. The van der Waals surface area contributed by atoms with E-state index < -0.39 is 0 Å². The van der Waals surface area contributed by atoms with Crippen molar-refractivity contribution in [3.8, 4) is 0 Å². The lowest BCUT2D eigenvalue weighted by atomic mass is 9.64. The Morgan fingerprint density at radius 3 is 1.89 bits per heavy atom. The minimum absolute atomic E-state index is 0.780. The van der Waals surface area contributed by atoms with E-state index in [2.05, 4.69) is 32.2 Å². The van der Waals surface area contributed by atoms with Crippen LogP contribution in [0.1, 0.15) is 128 Å². The van der Waals surface area contributed by atoms with Crippen molar-refractivity contribution < 1.29 is 0 Å². The second kappa shape index (κ2) is 11.4. The van der Waals surface area contributed by atoms with Crippen molar-refractivity contribution in [2.75, 3.05) is 13.1 Å². The van der Waals surface area contributed by atoms with Gasteiger partial charge in [0.15, 0.2) is 0 Å². The van der Waals surface area contributed by atoms with Crippen LogP contribution in [-0.4, -0.2) is 81.7 Å². The van der Waals surface area contributed by atoms with E-state index in [1.165, 1.54) is 109 Å². The third-order valence-corrected chi connectivity index (χ3v) is 19.5. The minimum Gasteiger partial charge on any atom is -0.313 e. The van der Waals surface area contributed by atoms with E-state index in [-0.39, 0.29) is 0 Å². The van der Waals surface area contributed by atoms with Gasteiger partial charge in [0.1, 0.15) is 0 Å². The maximum Gasteiger partial charge on any atom is 0.0417 e. The summed E-state index contributed by atoms with van der Waals surface area (Å²) >= 11 is 2.46. The molecular weight excluding hydrogens is 569 g/mol. The predicted octanol–water partition coefficient (Wildman–Crippen LogP) is 7.07. The molecule has 14 rings (SSSR count). The molecule has 9 saturated heterocycles. The van der Waals surface area contributed by atoms with Gasteiger partial charge in [0.25, 0.3) is 0 Å². The number of fused-ring (bicyclic) bond motifs is 4. The maximum atomic E-state index is 4.42. The highest BCUT2D eigenvalue weighted by Gasteiger charge is 2.64. The van der Waals surface area contributed by atoms with Crippen LogP contribution in [0.4, 0.5) is 0 Å². The fourth-order valence-corrected chi connectivity index (χ4v) is 18.0. The van der Waals surface area contributed by atoms with Crippen LogP contribution in [0.2, 0.25) is 0 Å². The van der Waals surface area contributed by atoms with E-state index in [9.17, 15) is 0 Å². The molecule has 14 aliphatic rings. The quantitative estimate of drug-likeness (QED) is 0.298. The van der Waals surface area contributed by atoms with Gasteiger partial charge in [-0.2, -0.15) is 11.8 Å². The van der Waals surface area contributed by atoms with Crippen LogP contribution >= 0.6 is 11.8 Å². The number of hydrogen-bond donors (Lipinski definition) is 2. The molecule has 8 bridgehead atoms. The topological polar surface area (TPSA) is 30.5 Å². The molecule has 0 amide bonds. The van der Waals surface area contributed by atoms with Gasteiger partial charge in [-0.15, -0.1) is 0 Å². The van der Waals surface area contributed by atoms with Crippen LogP contribution in [-0.2, 0) is 0 Å². The molecule has 9 heterocycles. The molecule has 5 aliphatic carbocycles. The summed E-state index contributed by atoms with van der Waals surface area (Å²) in [5.41, 5.74) is 0. The van der Waals surface area contributed by atoms with E-state index >= 15 is 0 Å². The highest BCUT2D eigenvalue weighted by Crippen LogP contribution is 2.58. The molecule has 250 valence electrons. The maximum absolute atomic E-state index is 4.42. The Kier molecular flexibility index (Phi) is 7.31. The fourth-order valence-electron chi connectivity index (χ4n) is 16.0. The summed E-state index contributed by atoms with van der Waals surface area (Å²) < 4.78 is 0. The van der Waals surface area contributed by atoms with Gasteiger partial charge >= 0.3 is 0 Å². The normalized spacial score (nSPS) is 58.9. The first-order valence-corrected chi connectivity index (χ1v) is 21.9. The lowest BCUT2D eigenvalue weighted by Gasteiger charge is -2.52. The van der Waals surface area contributed by atoms with Crippen molar-refractivity contribution >= 4 is 11.8 Å². The second-order valence-corrected chi connectivity index (χ2v) is 20.5. The van der Waals surface area contributed by atoms with Gasteiger partial charge in [-0.3, -0.25) is 9.80 Å². The molecule has 4 nitrogen and oxygen atoms in total. The standard InChI is InChI=1S/C40H64N4S/c1-3-7-34-28(5-1)32-21-42-38-29-6-2-4-8-35(29)44-27-16-11-24(12-17-27)33-20-31-30-19-25(13-18-36(30)45-37(31)22-41-33)23-9-14-26(15-10-23)43(34)39(32)40(38)44/h23-42H,1-22H2. The van der Waals surface area contributed by atoms with Crippen molar-refractivity contribution in [3.63, 3.8) is 0 Å². The van der Waals surface area contributed by atoms with Gasteiger partial charge in [0.05, 0.1) is 0 Å². The zero-order valence-electron chi connectivity index (χ0n) is 28.3. The van der Waals surface area contributed by atoms with Crippen molar-refractivity contribution in [1.29, 1.82) is 0 Å². The Labute approximate surface area is 279 Å². The molecular formula is C40H64N4S. The Morgan fingerprint density at radius 1 is 0.444 bits per heavy atom. The number of nitrogens with one attached hydrogen (secondary N) is 2.